The molecule has 1 saturated heterocycles. The molecule has 0 saturated carbocycles. The van der Waals surface area contributed by atoms with Gasteiger partial charge >= 0.3 is 0 Å². The number of nitrogens with zero attached hydrogens (tertiary/aromatic N) is 2. The van der Waals surface area contributed by atoms with Crippen LogP contribution in [0.3, 0.4) is 0 Å². The van der Waals surface area contributed by atoms with Crippen LogP contribution >= 0.6 is 11.6 Å². The van der Waals surface area contributed by atoms with Crippen molar-refractivity contribution in [3.05, 3.63) is 95.3 Å². The Labute approximate surface area is 194 Å². The third kappa shape index (κ3) is 6.09. The van der Waals surface area contributed by atoms with Gasteiger partial charge in [-0.25, -0.2) is 0 Å². The number of pyridine rings is 1. The molecule has 0 radical (unpaired) electrons. The first-order valence-electron chi connectivity index (χ1n) is 11.0. The minimum atomic E-state index is -0.222. The van der Waals surface area contributed by atoms with Gasteiger partial charge in [-0.2, -0.15) is 0 Å². The van der Waals surface area contributed by atoms with Crippen molar-refractivity contribution in [2.24, 2.45) is 5.92 Å². The van der Waals surface area contributed by atoms with E-state index in [1.165, 1.54) is 0 Å². The number of rotatable bonds is 8. The molecule has 1 fully saturated rings. The van der Waals surface area contributed by atoms with Crippen LogP contribution in [-0.4, -0.2) is 42.0 Å². The number of halogens is 1. The van der Waals surface area contributed by atoms with Gasteiger partial charge in [0, 0.05) is 29.9 Å². The largest absolute Gasteiger partial charge is 0.492 e. The molecule has 0 spiro atoms. The van der Waals surface area contributed by atoms with E-state index in [-0.39, 0.29) is 17.9 Å². The monoisotopic (exact) mass is 449 g/mol. The SMILES string of the molecule is O=C(N[C@H](c1ccncc1)c1ccc(Cl)cc1)C1CCN(CCOc2ccccc2)CC1. The Morgan fingerprint density at radius 2 is 1.66 bits per heavy atom. The summed E-state index contributed by atoms with van der Waals surface area (Å²) >= 11 is 6.06. The van der Waals surface area contributed by atoms with E-state index in [0.717, 1.165) is 49.4 Å². The summed E-state index contributed by atoms with van der Waals surface area (Å²) in [6.45, 7) is 3.32. The molecule has 166 valence electrons. The summed E-state index contributed by atoms with van der Waals surface area (Å²) in [4.78, 5) is 19.6. The molecule has 1 aliphatic heterocycles. The average molecular weight is 450 g/mol. The molecule has 0 bridgehead atoms. The number of hydrogen-bond acceptors (Lipinski definition) is 4. The maximum atomic E-state index is 13.1. The van der Waals surface area contributed by atoms with Crippen molar-refractivity contribution in [3.8, 4) is 5.75 Å². The molecular weight excluding hydrogens is 422 g/mol. The number of amides is 1. The van der Waals surface area contributed by atoms with Gasteiger partial charge in [0.2, 0.25) is 5.91 Å². The number of carbonyl (C=O) groups excluding carboxylic acids is 1. The molecule has 3 aromatic rings. The lowest BCUT2D eigenvalue weighted by atomic mass is 9.93. The predicted octanol–water partition coefficient (Wildman–Crippen LogP) is 4.73. The lowest BCUT2D eigenvalue weighted by molar-refractivity contribution is -0.127. The van der Waals surface area contributed by atoms with Crippen molar-refractivity contribution < 1.29 is 9.53 Å². The molecular formula is C26H28ClN3O2. The summed E-state index contributed by atoms with van der Waals surface area (Å²) in [5.41, 5.74) is 2.01. The van der Waals surface area contributed by atoms with Crippen LogP contribution in [0.15, 0.2) is 79.1 Å². The summed E-state index contributed by atoms with van der Waals surface area (Å²) in [5, 5.41) is 3.94. The highest BCUT2D eigenvalue weighted by Gasteiger charge is 2.27. The number of piperidine rings is 1. The highest BCUT2D eigenvalue weighted by atomic mass is 35.5. The van der Waals surface area contributed by atoms with Gasteiger partial charge in [-0.3, -0.25) is 14.7 Å². The second-order valence-corrected chi connectivity index (χ2v) is 8.49. The Kier molecular flexibility index (Phi) is 7.75. The van der Waals surface area contributed by atoms with Crippen LogP contribution in [0.5, 0.6) is 5.75 Å². The van der Waals surface area contributed by atoms with Gasteiger partial charge in [-0.1, -0.05) is 41.9 Å². The molecule has 2 aromatic carbocycles. The minimum Gasteiger partial charge on any atom is -0.492 e. The van der Waals surface area contributed by atoms with E-state index in [1.807, 2.05) is 66.7 Å². The van der Waals surface area contributed by atoms with Crippen molar-refractivity contribution >= 4 is 17.5 Å². The zero-order chi connectivity index (χ0) is 22.2. The second-order valence-electron chi connectivity index (χ2n) is 8.05. The third-order valence-corrected chi connectivity index (χ3v) is 6.16. The lowest BCUT2D eigenvalue weighted by Crippen LogP contribution is -2.42. The molecule has 5 nitrogen and oxygen atoms in total. The number of benzene rings is 2. The average Bonchev–Trinajstić information content (AvgIpc) is 2.85. The fourth-order valence-corrected chi connectivity index (χ4v) is 4.18. The zero-order valence-corrected chi connectivity index (χ0v) is 18.7. The Bertz CT molecular complexity index is 975. The van der Waals surface area contributed by atoms with Gasteiger partial charge < -0.3 is 10.1 Å². The number of nitrogens with one attached hydrogen (secondary N) is 1. The number of hydrogen-bond donors (Lipinski definition) is 1. The van der Waals surface area contributed by atoms with E-state index in [4.69, 9.17) is 16.3 Å². The van der Waals surface area contributed by atoms with Gasteiger partial charge in [0.25, 0.3) is 0 Å². The maximum absolute atomic E-state index is 13.1. The van der Waals surface area contributed by atoms with E-state index in [9.17, 15) is 4.79 Å². The van der Waals surface area contributed by atoms with Crippen LogP contribution < -0.4 is 10.1 Å². The van der Waals surface area contributed by atoms with Crippen LogP contribution in [0.2, 0.25) is 5.02 Å². The summed E-state index contributed by atoms with van der Waals surface area (Å²) in [6, 6.07) is 21.2. The van der Waals surface area contributed by atoms with Gasteiger partial charge in [0.15, 0.2) is 0 Å². The molecule has 2 heterocycles. The predicted molar refractivity (Wildman–Crippen MR) is 127 cm³/mol. The molecule has 1 aromatic heterocycles. The molecule has 1 aliphatic rings. The summed E-state index contributed by atoms with van der Waals surface area (Å²) < 4.78 is 5.81. The van der Waals surface area contributed by atoms with Gasteiger partial charge in [-0.05, 0) is 73.5 Å². The smallest absolute Gasteiger partial charge is 0.223 e. The van der Waals surface area contributed by atoms with E-state index in [1.54, 1.807) is 12.4 Å². The standard InChI is InChI=1S/C26H28ClN3O2/c27-23-8-6-20(7-9-23)25(21-10-14-28-15-11-21)29-26(31)22-12-16-30(17-13-22)18-19-32-24-4-2-1-3-5-24/h1-11,14-15,22,25H,12-13,16-19H2,(H,29,31)/t25-/m0/s1. The lowest BCUT2D eigenvalue weighted by Gasteiger charge is -2.32. The summed E-state index contributed by atoms with van der Waals surface area (Å²) in [6.07, 6.45) is 5.20. The quantitative estimate of drug-likeness (QED) is 0.540. The highest BCUT2D eigenvalue weighted by molar-refractivity contribution is 6.30. The molecule has 6 heteroatoms. The Morgan fingerprint density at radius 3 is 2.34 bits per heavy atom. The molecule has 32 heavy (non-hydrogen) atoms. The number of ether oxygens (including phenoxy) is 1. The van der Waals surface area contributed by atoms with Crippen molar-refractivity contribution in [1.29, 1.82) is 0 Å². The van der Waals surface area contributed by atoms with Crippen LogP contribution in [0.4, 0.5) is 0 Å². The fourth-order valence-electron chi connectivity index (χ4n) is 4.06. The van der Waals surface area contributed by atoms with Crippen LogP contribution in [0, 0.1) is 5.92 Å². The zero-order valence-electron chi connectivity index (χ0n) is 18.0. The highest BCUT2D eigenvalue weighted by Crippen LogP contribution is 2.25. The first-order valence-corrected chi connectivity index (χ1v) is 11.4. The molecule has 0 unspecified atom stereocenters. The van der Waals surface area contributed by atoms with Crippen LogP contribution in [0.25, 0.3) is 0 Å². The normalized spacial score (nSPS) is 15.8. The van der Waals surface area contributed by atoms with Gasteiger partial charge in [0.05, 0.1) is 6.04 Å². The van der Waals surface area contributed by atoms with Crippen molar-refractivity contribution in [1.82, 2.24) is 15.2 Å². The number of likely N-dealkylation sites (tertiary alicyclic amines) is 1. The number of para-hydroxylation sites is 1. The summed E-state index contributed by atoms with van der Waals surface area (Å²) in [5.74, 6) is 1.01. The second kappa shape index (κ2) is 11.1. The first kappa shape index (κ1) is 22.3. The summed E-state index contributed by atoms with van der Waals surface area (Å²) in [7, 11) is 0. The van der Waals surface area contributed by atoms with Crippen LogP contribution in [0.1, 0.15) is 30.0 Å². The van der Waals surface area contributed by atoms with Crippen molar-refractivity contribution in [2.75, 3.05) is 26.2 Å². The fraction of sp³-hybridized carbons (Fsp3) is 0.308. The van der Waals surface area contributed by atoms with E-state index >= 15 is 0 Å². The molecule has 1 N–H and O–H groups in total. The van der Waals surface area contributed by atoms with E-state index in [2.05, 4.69) is 15.2 Å². The van der Waals surface area contributed by atoms with Gasteiger partial charge in [0.1, 0.15) is 12.4 Å². The maximum Gasteiger partial charge on any atom is 0.223 e. The molecule has 1 atom stereocenters. The first-order chi connectivity index (χ1) is 15.7. The van der Waals surface area contributed by atoms with E-state index in [0.29, 0.717) is 11.6 Å². The van der Waals surface area contributed by atoms with Crippen molar-refractivity contribution in [2.45, 2.75) is 18.9 Å². The molecule has 4 rings (SSSR count). The Morgan fingerprint density at radius 1 is 1.00 bits per heavy atom. The number of aromatic nitrogens is 1. The van der Waals surface area contributed by atoms with Crippen LogP contribution in [-0.2, 0) is 4.79 Å². The topological polar surface area (TPSA) is 54.5 Å². The minimum absolute atomic E-state index is 0.0120. The molecule has 1 amide bonds. The van der Waals surface area contributed by atoms with Crippen molar-refractivity contribution in [3.63, 3.8) is 0 Å². The Hall–Kier alpha value is -2.89. The van der Waals surface area contributed by atoms with E-state index < -0.39 is 0 Å². The third-order valence-electron chi connectivity index (χ3n) is 5.91. The van der Waals surface area contributed by atoms with Gasteiger partial charge in [-0.15, -0.1) is 0 Å². The Balaban J connectivity index is 1.31. The molecule has 0 aliphatic carbocycles. The number of carbonyl (C=O) groups is 1.